The van der Waals surface area contributed by atoms with Crippen LogP contribution in [0.25, 0.3) is 11.0 Å². The average molecular weight is 405 g/mol. The number of carbonyl (C=O) groups is 2. The van der Waals surface area contributed by atoms with E-state index in [0.29, 0.717) is 37.4 Å². The van der Waals surface area contributed by atoms with Crippen LogP contribution in [0.15, 0.2) is 18.6 Å². The molecule has 154 valence electrons. The maximum absolute atomic E-state index is 13.0. The molecule has 1 amide bonds. The number of fused-ring (bicyclic) bond motifs is 1. The van der Waals surface area contributed by atoms with Gasteiger partial charge in [-0.1, -0.05) is 6.92 Å². The molecule has 4 rings (SSSR count). The number of aromatic nitrogens is 3. The molecule has 3 heterocycles. The summed E-state index contributed by atoms with van der Waals surface area (Å²) in [5.74, 6) is 0.505. The minimum atomic E-state index is -0.892. The van der Waals surface area contributed by atoms with Crippen LogP contribution in [0, 0.1) is 34.0 Å². The van der Waals surface area contributed by atoms with E-state index in [1.54, 1.807) is 11.1 Å². The number of rotatable bonds is 6. The Labute approximate surface area is 174 Å². The summed E-state index contributed by atoms with van der Waals surface area (Å²) in [7, 11) is 0. The molecule has 1 saturated carbocycles. The van der Waals surface area contributed by atoms with Crippen LogP contribution < -0.4 is 4.90 Å². The zero-order chi connectivity index (χ0) is 21.3. The minimum absolute atomic E-state index is 0.0557. The molecule has 0 spiro atoms. The minimum Gasteiger partial charge on any atom is -0.346 e. The molecular weight excluding hydrogens is 382 g/mol. The molecule has 0 unspecified atom stereocenters. The van der Waals surface area contributed by atoms with E-state index in [2.05, 4.69) is 27.9 Å². The first kappa shape index (κ1) is 19.8. The van der Waals surface area contributed by atoms with Crippen LogP contribution in [0.2, 0.25) is 0 Å². The number of hydrogen-bond donors (Lipinski definition) is 1. The zero-order valence-electron chi connectivity index (χ0n) is 16.8. The molecule has 2 aromatic rings. The van der Waals surface area contributed by atoms with Crippen LogP contribution in [-0.2, 0) is 9.59 Å². The number of anilines is 1. The van der Waals surface area contributed by atoms with Crippen molar-refractivity contribution in [2.75, 3.05) is 24.5 Å². The van der Waals surface area contributed by atoms with E-state index >= 15 is 0 Å². The highest BCUT2D eigenvalue weighted by atomic mass is 16.2. The van der Waals surface area contributed by atoms with Gasteiger partial charge in [-0.15, -0.1) is 0 Å². The lowest BCUT2D eigenvalue weighted by Crippen LogP contribution is -2.55. The Kier molecular flexibility index (Phi) is 5.13. The normalized spacial score (nSPS) is 22.2. The molecule has 1 saturated heterocycles. The van der Waals surface area contributed by atoms with Gasteiger partial charge in [-0.05, 0) is 31.2 Å². The molecular formula is C21H23N7O2. The van der Waals surface area contributed by atoms with Gasteiger partial charge in [-0.3, -0.25) is 9.59 Å². The second-order valence-electron chi connectivity index (χ2n) is 8.19. The highest BCUT2D eigenvalue weighted by Gasteiger charge is 2.51. The number of piperidine rings is 1. The molecule has 1 aliphatic carbocycles. The lowest BCUT2D eigenvalue weighted by atomic mass is 9.90. The number of nitriles is 2. The molecule has 2 fully saturated rings. The van der Waals surface area contributed by atoms with E-state index < -0.39 is 5.41 Å². The van der Waals surface area contributed by atoms with E-state index in [0.717, 1.165) is 11.8 Å². The maximum atomic E-state index is 13.0. The van der Waals surface area contributed by atoms with Gasteiger partial charge in [0, 0.05) is 19.3 Å². The van der Waals surface area contributed by atoms with E-state index in [1.165, 1.54) is 6.33 Å². The lowest BCUT2D eigenvalue weighted by molar-refractivity contribution is -0.131. The van der Waals surface area contributed by atoms with Crippen LogP contribution in [0.3, 0.4) is 0 Å². The van der Waals surface area contributed by atoms with Gasteiger partial charge in [0.25, 0.3) is 0 Å². The quantitative estimate of drug-likeness (QED) is 0.775. The largest absolute Gasteiger partial charge is 0.346 e. The number of likely N-dealkylation sites (tertiary alicyclic amines) is 1. The second-order valence-corrected chi connectivity index (χ2v) is 8.19. The third kappa shape index (κ3) is 3.48. The van der Waals surface area contributed by atoms with Crippen molar-refractivity contribution in [1.29, 1.82) is 10.5 Å². The standard InChI is InChI=1S/C21H23N7O2/c1-14-4-9-27(18(30)2-7-22)10-16(14)28(11-17(29)21(12-23)5-6-21)20-15-3-8-24-19(15)25-13-26-20/h3,8,13-14,16H,2,4-6,9-11H2,1H3,(H,24,25,26)/t14-,16+/m1/s1. The summed E-state index contributed by atoms with van der Waals surface area (Å²) in [6.45, 7) is 3.15. The number of nitrogens with one attached hydrogen (secondary N) is 1. The SMILES string of the molecule is C[C@@H]1CCN(C(=O)CC#N)C[C@@H]1N(CC(=O)C1(C#N)CC1)c1ncnc2[nH]ccc12. The first-order chi connectivity index (χ1) is 14.5. The van der Waals surface area contributed by atoms with E-state index in [-0.39, 0.29) is 36.6 Å². The summed E-state index contributed by atoms with van der Waals surface area (Å²) in [6, 6.07) is 5.81. The van der Waals surface area contributed by atoms with Crippen molar-refractivity contribution in [3.8, 4) is 12.1 Å². The molecule has 30 heavy (non-hydrogen) atoms. The topological polar surface area (TPSA) is 130 Å². The van der Waals surface area contributed by atoms with Gasteiger partial charge in [-0.25, -0.2) is 9.97 Å². The highest BCUT2D eigenvalue weighted by Crippen LogP contribution is 2.46. The summed E-state index contributed by atoms with van der Waals surface area (Å²) in [4.78, 5) is 40.8. The fourth-order valence-electron chi connectivity index (χ4n) is 4.18. The van der Waals surface area contributed by atoms with Crippen molar-refractivity contribution < 1.29 is 9.59 Å². The van der Waals surface area contributed by atoms with Crippen molar-refractivity contribution in [3.05, 3.63) is 18.6 Å². The monoisotopic (exact) mass is 405 g/mol. The molecule has 1 aliphatic heterocycles. The maximum Gasteiger partial charge on any atom is 0.236 e. The summed E-state index contributed by atoms with van der Waals surface area (Å²) < 4.78 is 0. The molecule has 0 aromatic carbocycles. The Morgan fingerprint density at radius 2 is 2.17 bits per heavy atom. The van der Waals surface area contributed by atoms with Crippen molar-refractivity contribution in [2.45, 2.75) is 38.6 Å². The van der Waals surface area contributed by atoms with Crippen LogP contribution >= 0.6 is 0 Å². The van der Waals surface area contributed by atoms with Gasteiger partial charge in [0.2, 0.25) is 5.91 Å². The number of ketones is 1. The molecule has 0 bridgehead atoms. The zero-order valence-corrected chi connectivity index (χ0v) is 16.8. The molecule has 1 N–H and O–H groups in total. The van der Waals surface area contributed by atoms with Gasteiger partial charge in [0.15, 0.2) is 5.78 Å². The third-order valence-corrected chi connectivity index (χ3v) is 6.32. The van der Waals surface area contributed by atoms with Crippen molar-refractivity contribution >= 4 is 28.5 Å². The Morgan fingerprint density at radius 1 is 1.37 bits per heavy atom. The number of nitrogens with zero attached hydrogens (tertiary/aromatic N) is 6. The summed E-state index contributed by atoms with van der Waals surface area (Å²) in [5.41, 5.74) is -0.226. The number of Topliss-reactive ketones (excluding diaryl/α,β-unsaturated/α-hetero) is 1. The fourth-order valence-corrected chi connectivity index (χ4v) is 4.18. The van der Waals surface area contributed by atoms with Crippen molar-refractivity contribution in [1.82, 2.24) is 19.9 Å². The summed E-state index contributed by atoms with van der Waals surface area (Å²) in [5, 5.41) is 19.2. The first-order valence-electron chi connectivity index (χ1n) is 10.1. The summed E-state index contributed by atoms with van der Waals surface area (Å²) in [6.07, 6.45) is 5.01. The molecule has 9 nitrogen and oxygen atoms in total. The summed E-state index contributed by atoms with van der Waals surface area (Å²) >= 11 is 0. The Bertz CT molecular complexity index is 1060. The number of H-pyrrole nitrogens is 1. The predicted octanol–water partition coefficient (Wildman–Crippen LogP) is 1.79. The predicted molar refractivity (Wildman–Crippen MR) is 108 cm³/mol. The van der Waals surface area contributed by atoms with E-state index in [4.69, 9.17) is 5.26 Å². The van der Waals surface area contributed by atoms with E-state index in [1.807, 2.05) is 17.0 Å². The number of amides is 1. The van der Waals surface area contributed by atoms with Gasteiger partial charge >= 0.3 is 0 Å². The molecule has 9 heteroatoms. The third-order valence-electron chi connectivity index (χ3n) is 6.32. The van der Waals surface area contributed by atoms with Crippen LogP contribution in [-0.4, -0.2) is 57.2 Å². The number of hydrogen-bond acceptors (Lipinski definition) is 7. The molecule has 2 aromatic heterocycles. The molecule has 2 atom stereocenters. The average Bonchev–Trinajstić information content (AvgIpc) is 3.41. The molecule has 0 radical (unpaired) electrons. The smallest absolute Gasteiger partial charge is 0.236 e. The van der Waals surface area contributed by atoms with Gasteiger partial charge in [0.1, 0.15) is 29.6 Å². The van der Waals surface area contributed by atoms with Gasteiger partial charge in [-0.2, -0.15) is 10.5 Å². The first-order valence-corrected chi connectivity index (χ1v) is 10.1. The van der Waals surface area contributed by atoms with E-state index in [9.17, 15) is 14.9 Å². The van der Waals surface area contributed by atoms with Crippen molar-refractivity contribution in [2.24, 2.45) is 11.3 Å². The second kappa shape index (κ2) is 7.75. The van der Waals surface area contributed by atoms with Crippen LogP contribution in [0.1, 0.15) is 32.6 Å². The number of carbonyl (C=O) groups excluding carboxylic acids is 2. The Hall–Kier alpha value is -3.46. The van der Waals surface area contributed by atoms with Crippen LogP contribution in [0.4, 0.5) is 5.82 Å². The Morgan fingerprint density at radius 3 is 2.87 bits per heavy atom. The van der Waals surface area contributed by atoms with Gasteiger partial charge in [0.05, 0.1) is 30.1 Å². The molecule has 2 aliphatic rings. The van der Waals surface area contributed by atoms with Crippen LogP contribution in [0.5, 0.6) is 0 Å². The number of aromatic amines is 1. The van der Waals surface area contributed by atoms with Gasteiger partial charge < -0.3 is 14.8 Å². The lowest BCUT2D eigenvalue weighted by Gasteiger charge is -2.43. The Balaban J connectivity index is 1.70. The van der Waals surface area contributed by atoms with Crippen molar-refractivity contribution in [3.63, 3.8) is 0 Å². The highest BCUT2D eigenvalue weighted by molar-refractivity contribution is 5.96. The fraction of sp³-hybridized carbons (Fsp3) is 0.524.